The molecule has 0 heterocycles. The topological polar surface area (TPSA) is 89.3 Å². The van der Waals surface area contributed by atoms with E-state index >= 15 is 0 Å². The van der Waals surface area contributed by atoms with Crippen molar-refractivity contribution in [1.29, 1.82) is 0 Å². The standard InChI is InChI=1S/C6H12N2O2/c7-4-1-3(4)2-5(8)6(9)10/h3-5H,1-2,7-8H2,(H,9,10)/t3-,4+,5+/m1/s1. The number of hydrogen-bond acceptors (Lipinski definition) is 3. The van der Waals surface area contributed by atoms with Gasteiger partial charge in [-0.3, -0.25) is 4.79 Å². The summed E-state index contributed by atoms with van der Waals surface area (Å²) in [7, 11) is 0. The number of rotatable bonds is 3. The molecule has 3 atom stereocenters. The van der Waals surface area contributed by atoms with Crippen LogP contribution < -0.4 is 11.5 Å². The second kappa shape index (κ2) is 2.56. The molecule has 1 aliphatic rings. The van der Waals surface area contributed by atoms with Gasteiger partial charge in [0.1, 0.15) is 6.04 Å². The molecule has 0 amide bonds. The molecule has 0 aliphatic heterocycles. The lowest BCUT2D eigenvalue weighted by molar-refractivity contribution is -0.138. The third kappa shape index (κ3) is 1.68. The van der Waals surface area contributed by atoms with Crippen LogP contribution in [0.3, 0.4) is 0 Å². The molecule has 0 aromatic carbocycles. The first-order valence-corrected chi connectivity index (χ1v) is 3.35. The summed E-state index contributed by atoms with van der Waals surface area (Å²) in [6.45, 7) is 0. The monoisotopic (exact) mass is 144 g/mol. The lowest BCUT2D eigenvalue weighted by Gasteiger charge is -2.02. The molecule has 1 aliphatic carbocycles. The van der Waals surface area contributed by atoms with Crippen molar-refractivity contribution in [2.24, 2.45) is 17.4 Å². The molecule has 4 nitrogen and oxygen atoms in total. The van der Waals surface area contributed by atoms with Gasteiger partial charge in [0.15, 0.2) is 0 Å². The van der Waals surface area contributed by atoms with Gasteiger partial charge < -0.3 is 16.6 Å². The normalized spacial score (nSPS) is 33.4. The zero-order chi connectivity index (χ0) is 7.72. The third-order valence-electron chi connectivity index (χ3n) is 1.85. The minimum Gasteiger partial charge on any atom is -0.480 e. The Balaban J connectivity index is 2.19. The molecule has 1 saturated carbocycles. The van der Waals surface area contributed by atoms with Gasteiger partial charge in [-0.05, 0) is 18.8 Å². The van der Waals surface area contributed by atoms with Gasteiger partial charge in [0.05, 0.1) is 0 Å². The molecule has 0 bridgehead atoms. The van der Waals surface area contributed by atoms with Gasteiger partial charge in [0.2, 0.25) is 0 Å². The Morgan fingerprint density at radius 3 is 2.60 bits per heavy atom. The van der Waals surface area contributed by atoms with E-state index < -0.39 is 12.0 Å². The van der Waals surface area contributed by atoms with Crippen molar-refractivity contribution in [3.63, 3.8) is 0 Å². The van der Waals surface area contributed by atoms with Gasteiger partial charge in [-0.1, -0.05) is 0 Å². The largest absolute Gasteiger partial charge is 0.480 e. The molecule has 10 heavy (non-hydrogen) atoms. The van der Waals surface area contributed by atoms with Gasteiger partial charge in [-0.2, -0.15) is 0 Å². The van der Waals surface area contributed by atoms with Crippen LogP contribution in [0.25, 0.3) is 0 Å². The summed E-state index contributed by atoms with van der Waals surface area (Å²) in [5, 5.41) is 8.38. The Labute approximate surface area is 59.2 Å². The molecule has 0 spiro atoms. The Kier molecular flexibility index (Phi) is 1.92. The first kappa shape index (κ1) is 7.50. The highest BCUT2D eigenvalue weighted by Crippen LogP contribution is 2.31. The van der Waals surface area contributed by atoms with Crippen LogP contribution in [0.15, 0.2) is 0 Å². The molecular weight excluding hydrogens is 132 g/mol. The molecule has 0 aromatic rings. The van der Waals surface area contributed by atoms with Gasteiger partial charge in [0.25, 0.3) is 0 Å². The molecule has 1 fully saturated rings. The van der Waals surface area contributed by atoms with Crippen molar-refractivity contribution < 1.29 is 9.90 Å². The van der Waals surface area contributed by atoms with Crippen LogP contribution in [-0.4, -0.2) is 23.2 Å². The van der Waals surface area contributed by atoms with Gasteiger partial charge in [-0.15, -0.1) is 0 Å². The molecule has 5 N–H and O–H groups in total. The van der Waals surface area contributed by atoms with E-state index in [1.54, 1.807) is 0 Å². The third-order valence-corrected chi connectivity index (χ3v) is 1.85. The fourth-order valence-corrected chi connectivity index (χ4v) is 0.969. The molecular formula is C6H12N2O2. The second-order valence-electron chi connectivity index (χ2n) is 2.84. The molecule has 4 heteroatoms. The van der Waals surface area contributed by atoms with E-state index in [1.807, 2.05) is 0 Å². The highest BCUT2D eigenvalue weighted by Gasteiger charge is 2.35. The lowest BCUT2D eigenvalue weighted by atomic mass is 10.1. The molecule has 1 rings (SSSR count). The van der Waals surface area contributed by atoms with Crippen molar-refractivity contribution >= 4 is 5.97 Å². The molecule has 0 radical (unpaired) electrons. The number of carbonyl (C=O) groups is 1. The fraction of sp³-hybridized carbons (Fsp3) is 0.833. The van der Waals surface area contributed by atoms with Crippen LogP contribution in [0, 0.1) is 5.92 Å². The first-order valence-electron chi connectivity index (χ1n) is 3.35. The molecule has 58 valence electrons. The van der Waals surface area contributed by atoms with Gasteiger partial charge in [0, 0.05) is 6.04 Å². The summed E-state index contributed by atoms with van der Waals surface area (Å²) >= 11 is 0. The van der Waals surface area contributed by atoms with E-state index in [1.165, 1.54) is 0 Å². The number of aliphatic carboxylic acids is 1. The Bertz CT molecular complexity index is 149. The summed E-state index contributed by atoms with van der Waals surface area (Å²) < 4.78 is 0. The molecule has 0 unspecified atom stereocenters. The Hall–Kier alpha value is -0.610. The van der Waals surface area contributed by atoms with Crippen LogP contribution in [0.2, 0.25) is 0 Å². The highest BCUT2D eigenvalue weighted by atomic mass is 16.4. The fourth-order valence-electron chi connectivity index (χ4n) is 0.969. The number of carboxylic acids is 1. The summed E-state index contributed by atoms with van der Waals surface area (Å²) in [5.41, 5.74) is 10.7. The predicted octanol–water partition coefficient (Wildman–Crippen LogP) is -0.864. The summed E-state index contributed by atoms with van der Waals surface area (Å²) in [5.74, 6) is -0.579. The van der Waals surface area contributed by atoms with Crippen molar-refractivity contribution in [2.75, 3.05) is 0 Å². The van der Waals surface area contributed by atoms with Crippen LogP contribution in [0.1, 0.15) is 12.8 Å². The average molecular weight is 144 g/mol. The maximum absolute atomic E-state index is 10.2. The maximum atomic E-state index is 10.2. The number of nitrogens with two attached hydrogens (primary N) is 2. The van der Waals surface area contributed by atoms with Crippen molar-refractivity contribution in [2.45, 2.75) is 24.9 Å². The van der Waals surface area contributed by atoms with Crippen LogP contribution in [0.5, 0.6) is 0 Å². The average Bonchev–Trinajstić information content (AvgIpc) is 2.46. The maximum Gasteiger partial charge on any atom is 0.320 e. The SMILES string of the molecule is N[C@@H](C[C@H]1C[C@@H]1N)C(=O)O. The highest BCUT2D eigenvalue weighted by molar-refractivity contribution is 5.73. The lowest BCUT2D eigenvalue weighted by Crippen LogP contribution is -2.31. The van der Waals surface area contributed by atoms with E-state index in [9.17, 15) is 4.79 Å². The number of hydrogen-bond donors (Lipinski definition) is 3. The predicted molar refractivity (Wildman–Crippen MR) is 36.3 cm³/mol. The zero-order valence-electron chi connectivity index (χ0n) is 5.66. The van der Waals surface area contributed by atoms with Crippen LogP contribution in [0.4, 0.5) is 0 Å². The minimum absolute atomic E-state index is 0.199. The quantitative estimate of drug-likeness (QED) is 0.480. The van der Waals surface area contributed by atoms with Gasteiger partial charge >= 0.3 is 5.97 Å². The molecule has 0 aromatic heterocycles. The van der Waals surface area contributed by atoms with Crippen LogP contribution >= 0.6 is 0 Å². The first-order chi connectivity index (χ1) is 4.61. The van der Waals surface area contributed by atoms with Gasteiger partial charge in [-0.25, -0.2) is 0 Å². The Morgan fingerprint density at radius 2 is 2.30 bits per heavy atom. The zero-order valence-corrected chi connectivity index (χ0v) is 5.66. The Morgan fingerprint density at radius 1 is 1.80 bits per heavy atom. The van der Waals surface area contributed by atoms with E-state index in [4.69, 9.17) is 16.6 Å². The summed E-state index contributed by atoms with van der Waals surface area (Å²) in [6.07, 6.45) is 1.46. The van der Waals surface area contributed by atoms with E-state index in [2.05, 4.69) is 0 Å². The second-order valence-corrected chi connectivity index (χ2v) is 2.84. The summed E-state index contributed by atoms with van der Waals surface area (Å²) in [6, 6.07) is -0.524. The number of carboxylic acid groups (broad SMARTS) is 1. The molecule has 0 saturated heterocycles. The van der Waals surface area contributed by atoms with Crippen molar-refractivity contribution in [3.8, 4) is 0 Å². The van der Waals surface area contributed by atoms with Crippen molar-refractivity contribution in [1.82, 2.24) is 0 Å². The van der Waals surface area contributed by atoms with E-state index in [-0.39, 0.29) is 6.04 Å². The van der Waals surface area contributed by atoms with E-state index in [0.717, 1.165) is 6.42 Å². The van der Waals surface area contributed by atoms with Crippen molar-refractivity contribution in [3.05, 3.63) is 0 Å². The van der Waals surface area contributed by atoms with E-state index in [0.29, 0.717) is 12.3 Å². The minimum atomic E-state index is -0.931. The smallest absolute Gasteiger partial charge is 0.320 e. The summed E-state index contributed by atoms with van der Waals surface area (Å²) in [4.78, 5) is 10.2. The van der Waals surface area contributed by atoms with Crippen LogP contribution in [-0.2, 0) is 4.79 Å².